The zero-order valence-corrected chi connectivity index (χ0v) is 38.5. The van der Waals surface area contributed by atoms with E-state index in [1.165, 1.54) is 104 Å². The Morgan fingerprint density at radius 3 is 0.970 bits per heavy atom. The van der Waals surface area contributed by atoms with Crippen molar-refractivity contribution in [2.45, 2.75) is 0 Å². The third kappa shape index (κ3) is 3.83. The topological polar surface area (TPSA) is 239 Å². The van der Waals surface area contributed by atoms with E-state index in [1.54, 1.807) is 0 Å². The predicted molar refractivity (Wildman–Crippen MR) is 224 cm³/mol. The Labute approximate surface area is 391 Å². The Hall–Kier alpha value is -3.25. The Kier molecular flexibility index (Phi) is 9.53. The molecule has 5 amide bonds. The van der Waals surface area contributed by atoms with Crippen molar-refractivity contribution >= 4 is 46.4 Å². The van der Waals surface area contributed by atoms with Crippen LogP contribution in [-0.4, -0.2) is 204 Å². The molecule has 2 heterocycles. The molecule has 16 aliphatic rings. The molecule has 21 heteroatoms. The van der Waals surface area contributed by atoms with Gasteiger partial charge in [0, 0.05) is 117 Å². The van der Waals surface area contributed by atoms with Gasteiger partial charge in [0.1, 0.15) is 13.2 Å². The number of ether oxygens (including phenoxy) is 10. The van der Waals surface area contributed by atoms with Gasteiger partial charge in [0.2, 0.25) is 11.1 Å². The monoisotopic (exact) mass is 956 g/mol. The molecule has 4 spiro atoms. The van der Waals surface area contributed by atoms with Crippen LogP contribution in [-0.2, 0) is 76.1 Å². The Balaban J connectivity index is 0.0000000984. The number of nitrogens with zero attached hydrogens (tertiary/aromatic N) is 2. The molecule has 67 heavy (non-hydrogen) atoms. The second kappa shape index (κ2) is 14.2. The van der Waals surface area contributed by atoms with E-state index in [-0.39, 0.29) is 62.4 Å². The molecular weight excluding hydrogens is 900 g/mol. The lowest BCUT2D eigenvalue weighted by Crippen LogP contribution is -2.33. The van der Waals surface area contributed by atoms with Crippen molar-refractivity contribution in [2.75, 3.05) is 159 Å². The third-order valence-electron chi connectivity index (χ3n) is 18.8. The van der Waals surface area contributed by atoms with E-state index in [1.807, 2.05) is 0 Å². The van der Waals surface area contributed by atoms with Gasteiger partial charge in [-0.2, -0.15) is 0 Å². The molecule has 364 valence electrons. The summed E-state index contributed by atoms with van der Waals surface area (Å²) in [5.41, 5.74) is 20.3. The van der Waals surface area contributed by atoms with Gasteiger partial charge in [-0.25, -0.2) is 0 Å². The number of rotatable bonds is 33. The molecule has 20 nitrogen and oxygen atoms in total. The van der Waals surface area contributed by atoms with Gasteiger partial charge in [-0.05, 0) is 11.6 Å². The SMILES string of the molecule is C123C45C16C21C34C561.C123C45C16C21C34C561.COCC(=O)Cl.COCC(=O)NCCOCCOCCOCCOCCN1C(=O)C=CC1=O.NCCOCCOCCOCCOCCN1C(=O)C=CC1=O. The van der Waals surface area contributed by atoms with Gasteiger partial charge in [0.25, 0.3) is 23.6 Å². The van der Waals surface area contributed by atoms with Crippen LogP contribution in [0.1, 0.15) is 0 Å². The minimum absolute atomic E-state index is 0.00154. The molecular formula is C46H57ClN4O16. The second-order valence-electron chi connectivity index (χ2n) is 19.6. The molecule has 3 N–H and O–H groups in total. The summed E-state index contributed by atoms with van der Waals surface area (Å²) in [6, 6.07) is 0. The lowest BCUT2D eigenvalue weighted by atomic mass is 10.0. The van der Waals surface area contributed by atoms with Crippen LogP contribution in [0.3, 0.4) is 0 Å². The van der Waals surface area contributed by atoms with Crippen LogP contribution in [0.25, 0.3) is 0 Å². The van der Waals surface area contributed by atoms with E-state index in [2.05, 4.69) is 14.8 Å². The van der Waals surface area contributed by atoms with E-state index in [4.69, 9.17) is 55.2 Å². The van der Waals surface area contributed by atoms with Crippen molar-refractivity contribution in [1.29, 1.82) is 0 Å². The normalized spacial score (nSPS) is 45.3. The van der Waals surface area contributed by atoms with Crippen molar-refractivity contribution in [3.8, 4) is 0 Å². The molecule has 0 atom stereocenters. The summed E-state index contributed by atoms with van der Waals surface area (Å²) < 4.78 is 51.3. The zero-order valence-electron chi connectivity index (χ0n) is 37.7. The lowest BCUT2D eigenvalue weighted by Gasteiger charge is -2.13. The molecule has 0 radical (unpaired) electrons. The standard InChI is InChI=1S/C17H28N2O8.C14H24N2O6.2C6.C3H5ClO2/c1-23-14-15(20)18-4-6-24-8-10-26-12-13-27-11-9-25-7-5-19-16(21)2-3-17(19)22;15-3-5-19-7-9-21-11-12-22-10-8-20-6-4-16-13(17)1-2-14(16)18;2*1-2-3(1)5(1)4(1,2)6(2,3)5;1-6-2-3(4)5/h2-3H,4-14H2,1H3,(H,18,20);1-2H,3-12,15H2;;;2H2,1H3. The summed E-state index contributed by atoms with van der Waals surface area (Å²) in [5.74, 6) is -1.38. The van der Waals surface area contributed by atoms with Crippen molar-refractivity contribution in [1.82, 2.24) is 15.1 Å². The predicted octanol–water partition coefficient (Wildman–Crippen LogP) is -1.92. The number of carbonyl (C=O) groups excluding carboxylic acids is 6. The first-order valence-corrected chi connectivity index (χ1v) is 23.9. The molecule has 0 saturated heterocycles. The average molecular weight is 957 g/mol. The molecule has 12 bridgehead atoms. The van der Waals surface area contributed by atoms with Crippen LogP contribution in [0.15, 0.2) is 24.3 Å². The van der Waals surface area contributed by atoms with Crippen LogP contribution in [0, 0.1) is 65.0 Å². The fourth-order valence-corrected chi connectivity index (χ4v) is 17.8. The molecule has 14 aliphatic carbocycles. The van der Waals surface area contributed by atoms with Gasteiger partial charge in [-0.15, -0.1) is 0 Å². The number of methoxy groups -OCH3 is 2. The summed E-state index contributed by atoms with van der Waals surface area (Å²) in [6.07, 6.45) is 5.01. The van der Waals surface area contributed by atoms with Crippen LogP contribution in [0.2, 0.25) is 0 Å². The number of hydrogen-bond donors (Lipinski definition) is 2. The number of amides is 5. The maximum absolute atomic E-state index is 11.3. The van der Waals surface area contributed by atoms with Gasteiger partial charge in [-0.3, -0.25) is 38.6 Å². The first-order chi connectivity index (χ1) is 32.7. The van der Waals surface area contributed by atoms with Crippen LogP contribution < -0.4 is 11.1 Å². The Morgan fingerprint density at radius 1 is 0.463 bits per heavy atom. The maximum atomic E-state index is 11.3. The molecule has 14 saturated carbocycles. The minimum Gasteiger partial charge on any atom is -0.378 e. The van der Waals surface area contributed by atoms with Crippen molar-refractivity contribution in [2.24, 2.45) is 70.7 Å². The van der Waals surface area contributed by atoms with Crippen LogP contribution >= 0.6 is 11.6 Å². The first kappa shape index (κ1) is 44.9. The number of carbonyl (C=O) groups is 6. The molecule has 14 fully saturated rings. The van der Waals surface area contributed by atoms with Crippen molar-refractivity contribution in [3.05, 3.63) is 24.3 Å². The zero-order chi connectivity index (χ0) is 46.8. The van der Waals surface area contributed by atoms with E-state index in [0.29, 0.717) is 112 Å². The highest BCUT2D eigenvalue weighted by molar-refractivity contribution is 6.63. The van der Waals surface area contributed by atoms with Gasteiger partial charge in [-0.1, -0.05) is 0 Å². The summed E-state index contributed by atoms with van der Waals surface area (Å²) in [4.78, 5) is 68.1. The number of imide groups is 2. The van der Waals surface area contributed by atoms with Gasteiger partial charge >= 0.3 is 0 Å². The highest BCUT2D eigenvalue weighted by Gasteiger charge is 4.01. The lowest BCUT2D eigenvalue weighted by molar-refractivity contribution is -0.139. The van der Waals surface area contributed by atoms with Crippen LogP contribution in [0.5, 0.6) is 0 Å². The van der Waals surface area contributed by atoms with E-state index in [9.17, 15) is 28.8 Å². The number of nitrogens with two attached hydrogens (primary N) is 1. The fourth-order valence-electron chi connectivity index (χ4n) is 17.7. The molecule has 0 unspecified atom stereocenters. The number of nitrogens with one attached hydrogen (secondary N) is 1. The molecule has 16 rings (SSSR count). The van der Waals surface area contributed by atoms with Crippen molar-refractivity contribution in [3.63, 3.8) is 0 Å². The number of hydrogen-bond acceptors (Lipinski definition) is 17. The molecule has 0 aromatic heterocycles. The quantitative estimate of drug-likeness (QED) is 0.0414. The molecule has 2 aliphatic heterocycles. The average Bonchev–Trinajstić information content (AvgIpc) is 3.84. The maximum Gasteiger partial charge on any atom is 0.253 e. The molecule has 0 aromatic carbocycles. The van der Waals surface area contributed by atoms with Crippen LogP contribution in [0.4, 0.5) is 0 Å². The van der Waals surface area contributed by atoms with Gasteiger partial charge in [0.15, 0.2) is 0 Å². The van der Waals surface area contributed by atoms with E-state index in [0.717, 1.165) is 9.80 Å². The largest absolute Gasteiger partial charge is 0.378 e. The molecule has 0 aromatic rings. The van der Waals surface area contributed by atoms with Crippen molar-refractivity contribution < 1.29 is 76.1 Å². The van der Waals surface area contributed by atoms with E-state index < -0.39 is 5.24 Å². The fraction of sp³-hybridized carbons (Fsp3) is 0.783. The highest BCUT2D eigenvalue weighted by Crippen LogP contribution is 4.01. The van der Waals surface area contributed by atoms with E-state index >= 15 is 0 Å². The van der Waals surface area contributed by atoms with Gasteiger partial charge in [0.05, 0.1) is 119 Å². The summed E-state index contributed by atoms with van der Waals surface area (Å²) in [5, 5.41) is 2.18. The summed E-state index contributed by atoms with van der Waals surface area (Å²) >= 11 is 4.81. The summed E-state index contributed by atoms with van der Waals surface area (Å²) in [6.45, 7) is 8.44. The summed E-state index contributed by atoms with van der Waals surface area (Å²) in [7, 11) is 2.88. The Bertz CT molecular complexity index is 1860. The van der Waals surface area contributed by atoms with Gasteiger partial charge < -0.3 is 58.4 Å². The minimum atomic E-state index is -0.461. The first-order valence-electron chi connectivity index (χ1n) is 23.5. The third-order valence-corrected chi connectivity index (χ3v) is 18.9. The second-order valence-corrected chi connectivity index (χ2v) is 20.0. The smallest absolute Gasteiger partial charge is 0.253 e. The number of halogens is 1. The Morgan fingerprint density at radius 2 is 0.731 bits per heavy atom. The highest BCUT2D eigenvalue weighted by atomic mass is 35.5.